The van der Waals surface area contributed by atoms with Crippen LogP contribution in [0.1, 0.15) is 96.5 Å². The van der Waals surface area contributed by atoms with Crippen molar-refractivity contribution in [2.24, 2.45) is 5.73 Å². The molecule has 4 aromatic rings. The number of likely N-dealkylation sites (tertiary alicyclic amines) is 1. The number of hydrogen-bond donors (Lipinski definition) is 2. The topological polar surface area (TPSA) is 166 Å². The third-order valence-electron chi connectivity index (χ3n) is 7.35. The number of aryl methyl sites for hydroxylation is 1. The molecule has 1 saturated heterocycles. The smallest absolute Gasteiger partial charge is 0.408 e. The van der Waals surface area contributed by atoms with Gasteiger partial charge in [-0.25, -0.2) is 14.8 Å². The molecule has 5 rings (SSSR count). The van der Waals surface area contributed by atoms with E-state index < -0.39 is 23.1 Å². The van der Waals surface area contributed by atoms with Crippen molar-refractivity contribution in [1.29, 1.82) is 0 Å². The Morgan fingerprint density at radius 2 is 1.87 bits per heavy atom. The first kappa shape index (κ1) is 31.8. The number of nitrogens with one attached hydrogen (secondary N) is 1. The van der Waals surface area contributed by atoms with Crippen LogP contribution < -0.4 is 11.1 Å². The lowest BCUT2D eigenvalue weighted by molar-refractivity contribution is 0.0443. The fraction of sp³-hybridized carbons (Fsp3) is 0.406. The molecule has 2 unspecified atom stereocenters. The van der Waals surface area contributed by atoms with Gasteiger partial charge in [0, 0.05) is 23.9 Å². The van der Waals surface area contributed by atoms with Gasteiger partial charge in [0.2, 0.25) is 5.89 Å². The highest BCUT2D eigenvalue weighted by Gasteiger charge is 2.37. The van der Waals surface area contributed by atoms with Gasteiger partial charge in [0.05, 0.1) is 11.7 Å². The molecule has 3 aromatic heterocycles. The number of rotatable bonds is 9. The Labute approximate surface area is 265 Å². The summed E-state index contributed by atoms with van der Waals surface area (Å²) in [7, 11) is 0. The molecular formula is C32H37N7O5S. The number of thiazole rings is 1. The number of benzene rings is 1. The number of hydrogen-bond acceptors (Lipinski definition) is 10. The Kier molecular flexibility index (Phi) is 9.01. The standard InChI is InChI=1S/C32H37N7O5S/c1-6-21-18-45-27(34-21)24-13-10-14-39(24)28(41)20-15-22(25(33)40)35-23(16-20)26-37-38-29(43-26)32(5,17-19-11-8-7-9-12-19)36-30(42)44-31(2,3)4/h7-9,11-12,15-16,18,24H,6,10,13-14,17H2,1-5H3,(H2,33,40)(H,36,42). The molecule has 1 aliphatic heterocycles. The van der Waals surface area contributed by atoms with E-state index in [1.807, 2.05) is 42.6 Å². The average molecular weight is 632 g/mol. The lowest BCUT2D eigenvalue weighted by Gasteiger charge is -2.29. The molecule has 1 aliphatic rings. The van der Waals surface area contributed by atoms with Gasteiger partial charge in [-0.1, -0.05) is 37.3 Å². The van der Waals surface area contributed by atoms with E-state index in [0.29, 0.717) is 13.0 Å². The number of amides is 3. The van der Waals surface area contributed by atoms with E-state index in [4.69, 9.17) is 19.9 Å². The maximum absolute atomic E-state index is 13.9. The summed E-state index contributed by atoms with van der Waals surface area (Å²) in [5, 5.41) is 14.2. The van der Waals surface area contributed by atoms with Crippen LogP contribution in [0.15, 0.2) is 52.3 Å². The third-order valence-corrected chi connectivity index (χ3v) is 8.34. The van der Waals surface area contributed by atoms with Crippen LogP contribution in [-0.2, 0) is 23.1 Å². The van der Waals surface area contributed by atoms with Crippen molar-refractivity contribution < 1.29 is 23.5 Å². The Morgan fingerprint density at radius 1 is 1.11 bits per heavy atom. The number of nitrogens with two attached hydrogens (primary N) is 1. The molecule has 4 heterocycles. The highest BCUT2D eigenvalue weighted by atomic mass is 32.1. The van der Waals surface area contributed by atoms with Crippen LogP contribution >= 0.6 is 11.3 Å². The number of alkyl carbamates (subject to hydrolysis) is 1. The summed E-state index contributed by atoms with van der Waals surface area (Å²) >= 11 is 1.54. The van der Waals surface area contributed by atoms with Gasteiger partial charge in [-0.2, -0.15) is 0 Å². The second-order valence-corrected chi connectivity index (χ2v) is 13.1. The lowest BCUT2D eigenvalue weighted by Crippen LogP contribution is -2.47. The van der Waals surface area contributed by atoms with Gasteiger partial charge < -0.3 is 25.1 Å². The minimum atomic E-state index is -1.18. The fourth-order valence-electron chi connectivity index (χ4n) is 5.22. The Morgan fingerprint density at radius 3 is 2.53 bits per heavy atom. The second kappa shape index (κ2) is 12.8. The van der Waals surface area contributed by atoms with Crippen LogP contribution in [0.3, 0.4) is 0 Å². The number of primary amides is 1. The van der Waals surface area contributed by atoms with Gasteiger partial charge in [0.1, 0.15) is 27.5 Å². The summed E-state index contributed by atoms with van der Waals surface area (Å²) < 4.78 is 11.6. The molecule has 1 aromatic carbocycles. The summed E-state index contributed by atoms with van der Waals surface area (Å²) in [6, 6.07) is 12.2. The first-order chi connectivity index (χ1) is 21.3. The van der Waals surface area contributed by atoms with Gasteiger partial charge in [-0.05, 0) is 64.7 Å². The minimum absolute atomic E-state index is 0.0436. The first-order valence-corrected chi connectivity index (χ1v) is 15.7. The summed E-state index contributed by atoms with van der Waals surface area (Å²) in [6.45, 7) is 9.65. The maximum atomic E-state index is 13.9. The highest BCUT2D eigenvalue weighted by molar-refractivity contribution is 7.09. The predicted molar refractivity (Wildman–Crippen MR) is 167 cm³/mol. The highest BCUT2D eigenvalue weighted by Crippen LogP contribution is 2.35. The molecule has 0 spiro atoms. The number of carbonyl (C=O) groups excluding carboxylic acids is 3. The van der Waals surface area contributed by atoms with E-state index in [2.05, 4.69) is 20.5 Å². The molecule has 1 fully saturated rings. The molecule has 0 saturated carbocycles. The van der Waals surface area contributed by atoms with Gasteiger partial charge in [-0.3, -0.25) is 9.59 Å². The molecule has 2 atom stereocenters. The monoisotopic (exact) mass is 631 g/mol. The lowest BCUT2D eigenvalue weighted by atomic mass is 9.92. The zero-order chi connectivity index (χ0) is 32.4. The van der Waals surface area contributed by atoms with E-state index in [9.17, 15) is 14.4 Å². The summed E-state index contributed by atoms with van der Waals surface area (Å²) in [6.07, 6.45) is 2.08. The molecular weight excluding hydrogens is 594 g/mol. The van der Waals surface area contributed by atoms with Crippen molar-refractivity contribution in [2.45, 2.75) is 77.5 Å². The number of nitrogens with zero attached hydrogens (tertiary/aromatic N) is 5. The van der Waals surface area contributed by atoms with Crippen molar-refractivity contribution in [3.8, 4) is 11.6 Å². The largest absolute Gasteiger partial charge is 0.444 e. The summed E-state index contributed by atoms with van der Waals surface area (Å²) in [4.78, 5) is 49.9. The van der Waals surface area contributed by atoms with Crippen LogP contribution in [0.2, 0.25) is 0 Å². The van der Waals surface area contributed by atoms with Crippen molar-refractivity contribution in [1.82, 2.24) is 30.4 Å². The molecule has 12 nitrogen and oxygen atoms in total. The van der Waals surface area contributed by atoms with Crippen molar-refractivity contribution in [3.05, 3.63) is 81.3 Å². The van der Waals surface area contributed by atoms with E-state index >= 15 is 0 Å². The quantitative estimate of drug-likeness (QED) is 0.252. The number of aromatic nitrogens is 4. The first-order valence-electron chi connectivity index (χ1n) is 14.8. The van der Waals surface area contributed by atoms with Crippen LogP contribution in [0.5, 0.6) is 0 Å². The average Bonchev–Trinajstić information content (AvgIpc) is 3.76. The SMILES string of the molecule is CCc1csc(C2CCCN2C(=O)c2cc(C(N)=O)nc(-c3nnc(C(C)(Cc4ccccc4)NC(=O)OC(C)(C)C)o3)c2)n1. The number of pyridine rings is 1. The number of ether oxygens (including phenoxy) is 1. The zero-order valence-electron chi connectivity index (χ0n) is 26.0. The van der Waals surface area contributed by atoms with Gasteiger partial charge >= 0.3 is 6.09 Å². The molecule has 0 bridgehead atoms. The summed E-state index contributed by atoms with van der Waals surface area (Å²) in [5.74, 6) is -1.05. The molecule has 0 aliphatic carbocycles. The second-order valence-electron chi connectivity index (χ2n) is 12.2. The fourth-order valence-corrected chi connectivity index (χ4v) is 6.26. The molecule has 3 N–H and O–H groups in total. The zero-order valence-corrected chi connectivity index (χ0v) is 26.8. The normalized spacial score (nSPS) is 16.3. The van der Waals surface area contributed by atoms with E-state index in [1.54, 1.807) is 43.9 Å². The molecule has 0 radical (unpaired) electrons. The van der Waals surface area contributed by atoms with Crippen LogP contribution in [0.4, 0.5) is 4.79 Å². The number of carbonyl (C=O) groups is 3. The van der Waals surface area contributed by atoms with Crippen molar-refractivity contribution >= 4 is 29.2 Å². The third kappa shape index (κ3) is 7.36. The molecule has 3 amide bonds. The van der Waals surface area contributed by atoms with Crippen molar-refractivity contribution in [3.63, 3.8) is 0 Å². The van der Waals surface area contributed by atoms with Gasteiger partial charge in [0.15, 0.2) is 0 Å². The Bertz CT molecular complexity index is 1700. The Balaban J connectivity index is 1.48. The van der Waals surface area contributed by atoms with Gasteiger partial charge in [0.25, 0.3) is 17.7 Å². The minimum Gasteiger partial charge on any atom is -0.444 e. The molecule has 236 valence electrons. The van der Waals surface area contributed by atoms with E-state index in [0.717, 1.165) is 35.5 Å². The van der Waals surface area contributed by atoms with Crippen LogP contribution in [0, 0.1) is 0 Å². The van der Waals surface area contributed by atoms with Gasteiger partial charge in [-0.15, -0.1) is 21.5 Å². The van der Waals surface area contributed by atoms with E-state index in [-0.39, 0.29) is 40.7 Å². The molecule has 45 heavy (non-hydrogen) atoms. The molecule has 13 heteroatoms. The van der Waals surface area contributed by atoms with E-state index in [1.165, 1.54) is 12.1 Å². The van der Waals surface area contributed by atoms with Crippen LogP contribution in [-0.4, -0.2) is 55.1 Å². The predicted octanol–water partition coefficient (Wildman–Crippen LogP) is 5.21. The summed E-state index contributed by atoms with van der Waals surface area (Å²) in [5.41, 5.74) is 5.81. The van der Waals surface area contributed by atoms with Crippen LogP contribution in [0.25, 0.3) is 11.6 Å². The Hall–Kier alpha value is -4.65. The maximum Gasteiger partial charge on any atom is 0.408 e. The van der Waals surface area contributed by atoms with Crippen molar-refractivity contribution in [2.75, 3.05) is 6.54 Å².